The molecule has 0 bridgehead atoms. The van der Waals surface area contributed by atoms with Gasteiger partial charge in [-0.25, -0.2) is 0 Å². The summed E-state index contributed by atoms with van der Waals surface area (Å²) >= 11 is 0. The number of carbonyl (C=O) groups is 1. The Hall–Kier alpha value is -3.60. The maximum atomic E-state index is 13.0. The van der Waals surface area contributed by atoms with Crippen LogP contribution in [0.5, 0.6) is 0 Å². The lowest BCUT2D eigenvalue weighted by Crippen LogP contribution is -2.26. The van der Waals surface area contributed by atoms with Crippen molar-refractivity contribution >= 4 is 16.7 Å². The van der Waals surface area contributed by atoms with Crippen LogP contribution in [0.2, 0.25) is 0 Å². The van der Waals surface area contributed by atoms with Crippen LogP contribution in [-0.2, 0) is 6.54 Å². The molecular formula is C22H18N2O3. The van der Waals surface area contributed by atoms with Crippen LogP contribution < -0.4 is 5.56 Å². The average Bonchev–Trinajstić information content (AvgIpc) is 3.20. The van der Waals surface area contributed by atoms with E-state index in [0.29, 0.717) is 12.1 Å². The van der Waals surface area contributed by atoms with Gasteiger partial charge in [-0.15, -0.1) is 0 Å². The van der Waals surface area contributed by atoms with Gasteiger partial charge in [0.25, 0.3) is 5.91 Å². The smallest absolute Gasteiger partial charge is 0.254 e. The number of benzene rings is 2. The van der Waals surface area contributed by atoms with Gasteiger partial charge in [0.15, 0.2) is 0 Å². The lowest BCUT2D eigenvalue weighted by atomic mass is 9.95. The Labute approximate surface area is 155 Å². The van der Waals surface area contributed by atoms with Crippen molar-refractivity contribution in [2.45, 2.75) is 6.54 Å². The van der Waals surface area contributed by atoms with E-state index in [0.717, 1.165) is 27.5 Å². The van der Waals surface area contributed by atoms with Crippen LogP contribution in [-0.4, -0.2) is 22.8 Å². The van der Waals surface area contributed by atoms with Crippen LogP contribution in [0.3, 0.4) is 0 Å². The van der Waals surface area contributed by atoms with Gasteiger partial charge < -0.3 is 14.3 Å². The van der Waals surface area contributed by atoms with E-state index in [4.69, 9.17) is 4.42 Å². The van der Waals surface area contributed by atoms with Gasteiger partial charge in [-0.3, -0.25) is 9.59 Å². The van der Waals surface area contributed by atoms with Gasteiger partial charge in [-0.1, -0.05) is 30.3 Å². The summed E-state index contributed by atoms with van der Waals surface area (Å²) in [7, 11) is 1.78. The molecule has 4 aromatic rings. The molecule has 0 aliphatic rings. The van der Waals surface area contributed by atoms with Crippen LogP contribution >= 0.6 is 0 Å². The number of fused-ring (bicyclic) bond motifs is 1. The molecule has 0 atom stereocenters. The van der Waals surface area contributed by atoms with Crippen LogP contribution in [0.25, 0.3) is 21.9 Å². The molecule has 0 radical (unpaired) electrons. The zero-order chi connectivity index (χ0) is 18.8. The fraction of sp³-hybridized carbons (Fsp3) is 0.0909. The number of carbonyl (C=O) groups excluding carboxylic acids is 1. The topological polar surface area (TPSA) is 66.3 Å². The van der Waals surface area contributed by atoms with Crippen LogP contribution in [0, 0.1) is 0 Å². The molecule has 0 unspecified atom stereocenters. The summed E-state index contributed by atoms with van der Waals surface area (Å²) in [5, 5.41) is 1.84. The Morgan fingerprint density at radius 1 is 1.04 bits per heavy atom. The van der Waals surface area contributed by atoms with Gasteiger partial charge in [0, 0.05) is 37.0 Å². The number of pyridine rings is 1. The summed E-state index contributed by atoms with van der Waals surface area (Å²) in [6.45, 7) is 0.478. The summed E-state index contributed by atoms with van der Waals surface area (Å²) in [5.41, 5.74) is 3.31. The Morgan fingerprint density at radius 2 is 1.85 bits per heavy atom. The molecule has 27 heavy (non-hydrogen) atoms. The molecule has 2 aromatic heterocycles. The Balaban J connectivity index is 1.76. The first-order valence-corrected chi connectivity index (χ1v) is 8.61. The molecule has 0 spiro atoms. The molecule has 5 nitrogen and oxygen atoms in total. The second-order valence-corrected chi connectivity index (χ2v) is 6.44. The molecule has 1 N–H and O–H groups in total. The molecule has 2 aromatic carbocycles. The zero-order valence-corrected chi connectivity index (χ0v) is 14.8. The summed E-state index contributed by atoms with van der Waals surface area (Å²) in [5.74, 6) is -0.0552. The van der Waals surface area contributed by atoms with Crippen molar-refractivity contribution in [3.05, 3.63) is 94.8 Å². The number of H-pyrrole nitrogens is 1. The molecular weight excluding hydrogens is 340 g/mol. The highest BCUT2D eigenvalue weighted by atomic mass is 16.3. The Kier molecular flexibility index (Phi) is 4.34. The van der Waals surface area contributed by atoms with Crippen LogP contribution in [0.4, 0.5) is 0 Å². The minimum Gasteiger partial charge on any atom is -0.472 e. The van der Waals surface area contributed by atoms with Crippen molar-refractivity contribution in [1.82, 2.24) is 9.88 Å². The Bertz CT molecular complexity index is 1140. The van der Waals surface area contributed by atoms with Crippen molar-refractivity contribution in [3.63, 3.8) is 0 Å². The molecule has 134 valence electrons. The summed E-state index contributed by atoms with van der Waals surface area (Å²) in [4.78, 5) is 28.8. The number of rotatable bonds is 4. The highest BCUT2D eigenvalue weighted by molar-refractivity contribution is 6.10. The largest absolute Gasteiger partial charge is 0.472 e. The average molecular weight is 358 g/mol. The number of amides is 1. The number of nitrogens with zero attached hydrogens (tertiary/aromatic N) is 1. The molecule has 0 saturated carbocycles. The van der Waals surface area contributed by atoms with Gasteiger partial charge in [0.1, 0.15) is 0 Å². The van der Waals surface area contributed by atoms with Crippen molar-refractivity contribution in [3.8, 4) is 11.1 Å². The molecule has 0 aliphatic carbocycles. The van der Waals surface area contributed by atoms with E-state index in [1.165, 1.54) is 6.07 Å². The Morgan fingerprint density at radius 3 is 2.56 bits per heavy atom. The molecule has 4 rings (SSSR count). The molecule has 5 heteroatoms. The summed E-state index contributed by atoms with van der Waals surface area (Å²) in [6, 6.07) is 16.7. The van der Waals surface area contributed by atoms with E-state index in [1.54, 1.807) is 36.7 Å². The van der Waals surface area contributed by atoms with Crippen LogP contribution in [0.15, 0.2) is 82.5 Å². The number of nitrogens with one attached hydrogen (secondary N) is 1. The number of furan rings is 1. The summed E-state index contributed by atoms with van der Waals surface area (Å²) < 4.78 is 5.08. The first-order chi connectivity index (χ1) is 13.1. The van der Waals surface area contributed by atoms with Gasteiger partial charge in [0.05, 0.1) is 12.5 Å². The molecule has 0 aliphatic heterocycles. The van der Waals surface area contributed by atoms with E-state index >= 15 is 0 Å². The fourth-order valence-electron chi connectivity index (χ4n) is 3.25. The number of hydrogen-bond donors (Lipinski definition) is 1. The molecule has 0 saturated heterocycles. The highest BCUT2D eigenvalue weighted by Gasteiger charge is 2.17. The third-order valence-electron chi connectivity index (χ3n) is 4.60. The van der Waals surface area contributed by atoms with Crippen molar-refractivity contribution in [2.24, 2.45) is 0 Å². The lowest BCUT2D eigenvalue weighted by Gasteiger charge is -2.18. The van der Waals surface area contributed by atoms with Crippen molar-refractivity contribution < 1.29 is 9.21 Å². The summed E-state index contributed by atoms with van der Waals surface area (Å²) in [6.07, 6.45) is 4.93. The number of aromatic amines is 1. The van der Waals surface area contributed by atoms with E-state index < -0.39 is 0 Å². The standard InChI is InChI=1S/C22H18N2O3/c1-24(13-15-10-11-27-14-15)22(26)20-8-7-17(16-6-9-21(25)23-12-16)18-4-2-3-5-19(18)20/h2-12,14H,13H2,1H3,(H,23,25). The van der Waals surface area contributed by atoms with Gasteiger partial charge in [-0.2, -0.15) is 0 Å². The number of hydrogen-bond acceptors (Lipinski definition) is 3. The van der Waals surface area contributed by atoms with E-state index in [9.17, 15) is 9.59 Å². The highest BCUT2D eigenvalue weighted by Crippen LogP contribution is 2.30. The fourth-order valence-corrected chi connectivity index (χ4v) is 3.25. The normalized spacial score (nSPS) is 10.9. The maximum absolute atomic E-state index is 13.0. The molecule has 2 heterocycles. The number of aromatic nitrogens is 1. The quantitative estimate of drug-likeness (QED) is 0.598. The minimum absolute atomic E-state index is 0.0552. The zero-order valence-electron chi connectivity index (χ0n) is 14.8. The molecule has 0 fully saturated rings. The van der Waals surface area contributed by atoms with Gasteiger partial charge in [-0.05, 0) is 40.1 Å². The predicted octanol–water partition coefficient (Wildman–Crippen LogP) is 4.06. The first kappa shape index (κ1) is 16.8. The maximum Gasteiger partial charge on any atom is 0.254 e. The third-order valence-corrected chi connectivity index (χ3v) is 4.60. The minimum atomic E-state index is -0.143. The lowest BCUT2D eigenvalue weighted by molar-refractivity contribution is 0.0787. The first-order valence-electron chi connectivity index (χ1n) is 8.61. The SMILES string of the molecule is CN(Cc1ccoc1)C(=O)c1ccc(-c2ccc(=O)[nH]c2)c2ccccc12. The van der Waals surface area contributed by atoms with Gasteiger partial charge >= 0.3 is 0 Å². The second kappa shape index (κ2) is 6.96. The van der Waals surface area contributed by atoms with Crippen molar-refractivity contribution in [2.75, 3.05) is 7.05 Å². The van der Waals surface area contributed by atoms with E-state index in [1.807, 2.05) is 42.5 Å². The van der Waals surface area contributed by atoms with Crippen molar-refractivity contribution in [1.29, 1.82) is 0 Å². The second-order valence-electron chi connectivity index (χ2n) is 6.44. The monoisotopic (exact) mass is 358 g/mol. The van der Waals surface area contributed by atoms with Crippen LogP contribution in [0.1, 0.15) is 15.9 Å². The predicted molar refractivity (Wildman–Crippen MR) is 105 cm³/mol. The third kappa shape index (κ3) is 3.27. The molecule has 1 amide bonds. The van der Waals surface area contributed by atoms with Gasteiger partial charge in [0.2, 0.25) is 5.56 Å². The van der Waals surface area contributed by atoms with E-state index in [2.05, 4.69) is 4.98 Å². The van der Waals surface area contributed by atoms with E-state index in [-0.39, 0.29) is 11.5 Å².